The number of carbonyl (C=O) groups excluding carboxylic acids is 2. The van der Waals surface area contributed by atoms with E-state index in [1.807, 2.05) is 68.4 Å². The molecule has 4 nitrogen and oxygen atoms in total. The summed E-state index contributed by atoms with van der Waals surface area (Å²) in [6.07, 6.45) is 4.40. The summed E-state index contributed by atoms with van der Waals surface area (Å²) in [7, 11) is 0. The Morgan fingerprint density at radius 1 is 1.07 bits per heavy atom. The minimum Gasteiger partial charge on any atom is -0.352 e. The van der Waals surface area contributed by atoms with Gasteiger partial charge in [0.15, 0.2) is 0 Å². The second-order valence-corrected chi connectivity index (χ2v) is 8.76. The fourth-order valence-electron chi connectivity index (χ4n) is 3.69. The summed E-state index contributed by atoms with van der Waals surface area (Å²) in [5.41, 5.74) is 2.20. The quantitative estimate of drug-likeness (QED) is 0.649. The number of carbonyl (C=O) groups is 2. The van der Waals surface area contributed by atoms with Crippen molar-refractivity contribution >= 4 is 23.6 Å². The molecular formula is C24H30N2O2S. The van der Waals surface area contributed by atoms with Gasteiger partial charge in [0.1, 0.15) is 6.04 Å². The molecule has 0 radical (unpaired) electrons. The van der Waals surface area contributed by atoms with Gasteiger partial charge in [0.25, 0.3) is 0 Å². The first-order valence-electron chi connectivity index (χ1n) is 10.4. The molecule has 1 aliphatic rings. The van der Waals surface area contributed by atoms with E-state index in [1.54, 1.807) is 4.90 Å². The molecule has 2 amide bonds. The Morgan fingerprint density at radius 2 is 1.72 bits per heavy atom. The maximum absolute atomic E-state index is 13.1. The van der Waals surface area contributed by atoms with Gasteiger partial charge < -0.3 is 10.2 Å². The van der Waals surface area contributed by atoms with E-state index in [2.05, 4.69) is 5.32 Å². The zero-order valence-corrected chi connectivity index (χ0v) is 18.1. The van der Waals surface area contributed by atoms with Gasteiger partial charge in [0, 0.05) is 17.5 Å². The van der Waals surface area contributed by atoms with Crippen molar-refractivity contribution < 1.29 is 9.59 Å². The summed E-state index contributed by atoms with van der Waals surface area (Å²) in [5, 5.41) is 3.15. The maximum atomic E-state index is 13.1. The zero-order chi connectivity index (χ0) is 20.6. The summed E-state index contributed by atoms with van der Waals surface area (Å²) < 4.78 is 0. The van der Waals surface area contributed by atoms with Crippen LogP contribution in [0.1, 0.15) is 43.7 Å². The lowest BCUT2D eigenvalue weighted by molar-refractivity contribution is -0.139. The van der Waals surface area contributed by atoms with Gasteiger partial charge >= 0.3 is 0 Å². The van der Waals surface area contributed by atoms with Gasteiger partial charge in [-0.1, -0.05) is 55.3 Å². The van der Waals surface area contributed by atoms with Crippen molar-refractivity contribution in [2.75, 3.05) is 5.75 Å². The van der Waals surface area contributed by atoms with Gasteiger partial charge in [0.05, 0.1) is 5.75 Å². The van der Waals surface area contributed by atoms with Gasteiger partial charge in [-0.15, -0.1) is 11.8 Å². The Hall–Kier alpha value is -2.27. The van der Waals surface area contributed by atoms with Gasteiger partial charge in [-0.3, -0.25) is 9.59 Å². The molecule has 0 heterocycles. The van der Waals surface area contributed by atoms with Gasteiger partial charge in [-0.2, -0.15) is 0 Å². The van der Waals surface area contributed by atoms with E-state index < -0.39 is 6.04 Å². The molecule has 0 bridgehead atoms. The topological polar surface area (TPSA) is 49.4 Å². The highest BCUT2D eigenvalue weighted by atomic mass is 32.2. The van der Waals surface area contributed by atoms with Crippen LogP contribution in [0.4, 0.5) is 0 Å². The Morgan fingerprint density at radius 3 is 2.41 bits per heavy atom. The number of hydrogen-bond acceptors (Lipinski definition) is 3. The number of nitrogens with zero attached hydrogens (tertiary/aromatic N) is 1. The first kappa shape index (κ1) is 21.4. The van der Waals surface area contributed by atoms with Crippen molar-refractivity contribution in [1.82, 2.24) is 10.2 Å². The lowest BCUT2D eigenvalue weighted by Gasteiger charge is -2.30. The average Bonchev–Trinajstić information content (AvgIpc) is 3.24. The predicted octanol–water partition coefficient (Wildman–Crippen LogP) is 4.56. The summed E-state index contributed by atoms with van der Waals surface area (Å²) in [4.78, 5) is 28.8. The van der Waals surface area contributed by atoms with E-state index in [4.69, 9.17) is 0 Å². The van der Waals surface area contributed by atoms with E-state index >= 15 is 0 Å². The Labute approximate surface area is 178 Å². The summed E-state index contributed by atoms with van der Waals surface area (Å²) in [6.45, 7) is 4.33. The first-order valence-corrected chi connectivity index (χ1v) is 11.4. The molecule has 0 aromatic heterocycles. The van der Waals surface area contributed by atoms with Crippen LogP contribution in [0, 0.1) is 6.92 Å². The summed E-state index contributed by atoms with van der Waals surface area (Å²) in [5.74, 6) is 0.247. The number of hydrogen-bond donors (Lipinski definition) is 1. The molecule has 2 aromatic carbocycles. The third-order valence-corrected chi connectivity index (χ3v) is 6.57. The first-order chi connectivity index (χ1) is 14.0. The van der Waals surface area contributed by atoms with E-state index in [0.717, 1.165) is 28.9 Å². The largest absolute Gasteiger partial charge is 0.352 e. The van der Waals surface area contributed by atoms with E-state index in [9.17, 15) is 9.59 Å². The number of aryl methyl sites for hydroxylation is 1. The predicted molar refractivity (Wildman–Crippen MR) is 119 cm³/mol. The third-order valence-electron chi connectivity index (χ3n) is 5.58. The van der Waals surface area contributed by atoms with Crippen LogP contribution in [0.15, 0.2) is 59.5 Å². The number of amides is 2. The van der Waals surface area contributed by atoms with Crippen LogP contribution in [-0.2, 0) is 16.1 Å². The van der Waals surface area contributed by atoms with Crippen molar-refractivity contribution in [2.45, 2.75) is 63.1 Å². The summed E-state index contributed by atoms with van der Waals surface area (Å²) >= 11 is 1.51. The highest BCUT2D eigenvalue weighted by Gasteiger charge is 2.28. The normalized spacial score (nSPS) is 15.1. The molecule has 3 rings (SSSR count). The minimum absolute atomic E-state index is 0.0174. The van der Waals surface area contributed by atoms with Crippen molar-refractivity contribution in [1.29, 1.82) is 0 Å². The average molecular weight is 411 g/mol. The van der Waals surface area contributed by atoms with Crippen LogP contribution >= 0.6 is 11.8 Å². The third kappa shape index (κ3) is 6.10. The van der Waals surface area contributed by atoms with E-state index in [1.165, 1.54) is 24.6 Å². The molecule has 5 heteroatoms. The van der Waals surface area contributed by atoms with Crippen LogP contribution < -0.4 is 5.32 Å². The Bertz CT molecular complexity index is 819. The monoisotopic (exact) mass is 410 g/mol. The van der Waals surface area contributed by atoms with E-state index in [-0.39, 0.29) is 17.9 Å². The molecule has 1 fully saturated rings. The molecule has 1 N–H and O–H groups in total. The van der Waals surface area contributed by atoms with Crippen LogP contribution in [0.5, 0.6) is 0 Å². The molecule has 154 valence electrons. The number of nitrogens with one attached hydrogen (secondary N) is 1. The molecule has 0 aliphatic heterocycles. The summed E-state index contributed by atoms with van der Waals surface area (Å²) in [6, 6.07) is 17.7. The van der Waals surface area contributed by atoms with Crippen molar-refractivity contribution in [3.8, 4) is 0 Å². The molecule has 2 aromatic rings. The maximum Gasteiger partial charge on any atom is 0.242 e. The van der Waals surface area contributed by atoms with Gasteiger partial charge in [-0.05, 0) is 49.9 Å². The second kappa shape index (κ2) is 10.5. The minimum atomic E-state index is -0.501. The molecule has 1 atom stereocenters. The van der Waals surface area contributed by atoms with E-state index in [0.29, 0.717) is 12.3 Å². The smallest absolute Gasteiger partial charge is 0.242 e. The number of rotatable bonds is 8. The molecule has 0 saturated heterocycles. The highest BCUT2D eigenvalue weighted by molar-refractivity contribution is 8.00. The van der Waals surface area contributed by atoms with Gasteiger partial charge in [0.2, 0.25) is 11.8 Å². The number of thioether (sulfide) groups is 1. The lowest BCUT2D eigenvalue weighted by Crippen LogP contribution is -2.50. The molecule has 1 saturated carbocycles. The fourth-order valence-corrected chi connectivity index (χ4v) is 4.50. The molecule has 29 heavy (non-hydrogen) atoms. The lowest BCUT2D eigenvalue weighted by atomic mass is 10.1. The fraction of sp³-hybridized carbons (Fsp3) is 0.417. The van der Waals surface area contributed by atoms with Crippen molar-refractivity contribution in [3.63, 3.8) is 0 Å². The molecule has 1 aliphatic carbocycles. The molecule has 0 spiro atoms. The van der Waals surface area contributed by atoms with Crippen LogP contribution in [-0.4, -0.2) is 34.6 Å². The standard InChI is InChI=1S/C24H30N2O2S/c1-18-10-6-7-11-20(18)16-26(19(2)24(28)25-21-12-8-9-13-21)23(27)17-29-22-14-4-3-5-15-22/h3-7,10-11,14-15,19,21H,8-9,12-13,16-17H2,1-2H3,(H,25,28)/t19-/m0/s1. The SMILES string of the molecule is Cc1ccccc1CN(C(=O)CSc1ccccc1)[C@@H](C)C(=O)NC1CCCC1. The molecule has 0 unspecified atom stereocenters. The Balaban J connectivity index is 1.71. The highest BCUT2D eigenvalue weighted by Crippen LogP contribution is 2.21. The van der Waals surface area contributed by atoms with Crippen LogP contribution in [0.3, 0.4) is 0 Å². The van der Waals surface area contributed by atoms with Crippen LogP contribution in [0.25, 0.3) is 0 Å². The van der Waals surface area contributed by atoms with Crippen molar-refractivity contribution in [3.05, 3.63) is 65.7 Å². The second-order valence-electron chi connectivity index (χ2n) is 7.72. The van der Waals surface area contributed by atoms with Gasteiger partial charge in [-0.25, -0.2) is 0 Å². The molecular weight excluding hydrogens is 380 g/mol. The Kier molecular flexibility index (Phi) is 7.76. The van der Waals surface area contributed by atoms with Crippen molar-refractivity contribution in [2.24, 2.45) is 0 Å². The number of benzene rings is 2. The van der Waals surface area contributed by atoms with Crippen LogP contribution in [0.2, 0.25) is 0 Å². The zero-order valence-electron chi connectivity index (χ0n) is 17.3.